The van der Waals surface area contributed by atoms with Crippen LogP contribution in [0.5, 0.6) is 0 Å². The Balaban J connectivity index is 2.31. The van der Waals surface area contributed by atoms with Crippen molar-refractivity contribution in [3.8, 4) is 0 Å². The van der Waals surface area contributed by atoms with Crippen molar-refractivity contribution in [2.24, 2.45) is 0 Å². The first-order chi connectivity index (χ1) is 7.81. The van der Waals surface area contributed by atoms with E-state index in [4.69, 9.17) is 4.42 Å². The number of para-hydroxylation sites is 1. The second-order valence-corrected chi connectivity index (χ2v) is 3.87. The molecule has 0 unspecified atom stereocenters. The SMILES string of the molecule is CCCCCc1nc(=O)c2ccccc2o1. The first-order valence-corrected chi connectivity index (χ1v) is 5.70. The minimum atomic E-state index is -0.187. The predicted molar refractivity (Wildman–Crippen MR) is 63.5 cm³/mol. The fraction of sp³-hybridized carbons (Fsp3) is 0.385. The number of rotatable bonds is 4. The molecule has 2 aromatic rings. The average molecular weight is 217 g/mol. The molecule has 2 rings (SSSR count). The van der Waals surface area contributed by atoms with Gasteiger partial charge in [0.15, 0.2) is 5.89 Å². The van der Waals surface area contributed by atoms with Gasteiger partial charge in [-0.1, -0.05) is 31.9 Å². The van der Waals surface area contributed by atoms with Crippen molar-refractivity contribution in [2.75, 3.05) is 0 Å². The highest BCUT2D eigenvalue weighted by Crippen LogP contribution is 2.11. The van der Waals surface area contributed by atoms with E-state index in [9.17, 15) is 4.79 Å². The molecule has 0 radical (unpaired) electrons. The van der Waals surface area contributed by atoms with Crippen molar-refractivity contribution in [2.45, 2.75) is 32.6 Å². The van der Waals surface area contributed by atoms with Gasteiger partial charge in [0.1, 0.15) is 5.58 Å². The first kappa shape index (κ1) is 10.9. The van der Waals surface area contributed by atoms with Crippen molar-refractivity contribution >= 4 is 11.0 Å². The molecule has 1 heterocycles. The summed E-state index contributed by atoms with van der Waals surface area (Å²) in [4.78, 5) is 15.6. The fourth-order valence-electron chi connectivity index (χ4n) is 1.69. The van der Waals surface area contributed by atoms with Crippen LogP contribution in [-0.2, 0) is 6.42 Å². The summed E-state index contributed by atoms with van der Waals surface area (Å²) in [6, 6.07) is 7.23. The molecule has 0 amide bonds. The fourth-order valence-corrected chi connectivity index (χ4v) is 1.69. The summed E-state index contributed by atoms with van der Waals surface area (Å²) in [5.74, 6) is 0.553. The number of fused-ring (bicyclic) bond motifs is 1. The van der Waals surface area contributed by atoms with Crippen molar-refractivity contribution in [3.63, 3.8) is 0 Å². The van der Waals surface area contributed by atoms with Crippen LogP contribution in [0, 0.1) is 0 Å². The first-order valence-electron chi connectivity index (χ1n) is 5.70. The standard InChI is InChI=1S/C13H15NO2/c1-2-3-4-9-12-14-13(15)10-7-5-6-8-11(10)16-12/h5-8H,2-4,9H2,1H3. The van der Waals surface area contributed by atoms with Gasteiger partial charge in [-0.2, -0.15) is 4.98 Å². The molecular formula is C13H15NO2. The largest absolute Gasteiger partial charge is 0.442 e. The lowest BCUT2D eigenvalue weighted by Gasteiger charge is -2.00. The summed E-state index contributed by atoms with van der Waals surface area (Å²) < 4.78 is 5.58. The number of unbranched alkanes of at least 4 members (excludes halogenated alkanes) is 2. The monoisotopic (exact) mass is 217 g/mol. The Morgan fingerprint density at radius 1 is 1.25 bits per heavy atom. The third-order valence-electron chi connectivity index (χ3n) is 2.57. The number of hydrogen-bond donors (Lipinski definition) is 0. The number of aryl methyl sites for hydroxylation is 1. The maximum absolute atomic E-state index is 11.7. The minimum Gasteiger partial charge on any atom is -0.442 e. The van der Waals surface area contributed by atoms with Gasteiger partial charge in [0.2, 0.25) is 0 Å². The van der Waals surface area contributed by atoms with Crippen molar-refractivity contribution in [1.82, 2.24) is 4.98 Å². The van der Waals surface area contributed by atoms with Gasteiger partial charge in [-0.05, 0) is 18.6 Å². The molecule has 3 heteroatoms. The van der Waals surface area contributed by atoms with Gasteiger partial charge < -0.3 is 4.42 Å². The lowest BCUT2D eigenvalue weighted by atomic mass is 10.2. The Kier molecular flexibility index (Phi) is 3.34. The highest BCUT2D eigenvalue weighted by Gasteiger charge is 2.04. The summed E-state index contributed by atoms with van der Waals surface area (Å²) >= 11 is 0. The third-order valence-corrected chi connectivity index (χ3v) is 2.57. The van der Waals surface area contributed by atoms with E-state index in [0.29, 0.717) is 16.9 Å². The zero-order chi connectivity index (χ0) is 11.4. The van der Waals surface area contributed by atoms with E-state index in [2.05, 4.69) is 11.9 Å². The van der Waals surface area contributed by atoms with Crippen LogP contribution in [0.15, 0.2) is 33.5 Å². The molecule has 0 atom stereocenters. The highest BCUT2D eigenvalue weighted by molar-refractivity contribution is 5.74. The third kappa shape index (κ3) is 2.30. The number of hydrogen-bond acceptors (Lipinski definition) is 3. The van der Waals surface area contributed by atoms with E-state index in [-0.39, 0.29) is 5.56 Å². The second kappa shape index (κ2) is 4.92. The highest BCUT2D eigenvalue weighted by atomic mass is 16.3. The Hall–Kier alpha value is -1.64. The van der Waals surface area contributed by atoms with E-state index < -0.39 is 0 Å². The Morgan fingerprint density at radius 3 is 2.88 bits per heavy atom. The minimum absolute atomic E-state index is 0.187. The maximum atomic E-state index is 11.7. The van der Waals surface area contributed by atoms with Crippen LogP contribution in [0.25, 0.3) is 11.0 Å². The van der Waals surface area contributed by atoms with Crippen LogP contribution in [0.3, 0.4) is 0 Å². The van der Waals surface area contributed by atoms with E-state index in [1.54, 1.807) is 6.07 Å². The number of nitrogens with zero attached hydrogens (tertiary/aromatic N) is 1. The molecule has 0 fully saturated rings. The van der Waals surface area contributed by atoms with Crippen molar-refractivity contribution in [1.29, 1.82) is 0 Å². The van der Waals surface area contributed by atoms with Crippen molar-refractivity contribution in [3.05, 3.63) is 40.5 Å². The van der Waals surface area contributed by atoms with E-state index in [1.807, 2.05) is 18.2 Å². The van der Waals surface area contributed by atoms with Crippen LogP contribution >= 0.6 is 0 Å². The number of aromatic nitrogens is 1. The summed E-state index contributed by atoms with van der Waals surface area (Å²) in [6.07, 6.45) is 4.05. The van der Waals surface area contributed by atoms with Crippen LogP contribution in [0.2, 0.25) is 0 Å². The van der Waals surface area contributed by atoms with Gasteiger partial charge in [0.25, 0.3) is 5.56 Å². The molecule has 0 saturated heterocycles. The van der Waals surface area contributed by atoms with Gasteiger partial charge in [-0.25, -0.2) is 0 Å². The van der Waals surface area contributed by atoms with Gasteiger partial charge in [-0.3, -0.25) is 4.79 Å². The van der Waals surface area contributed by atoms with Gasteiger partial charge >= 0.3 is 0 Å². The molecule has 0 bridgehead atoms. The Morgan fingerprint density at radius 2 is 2.06 bits per heavy atom. The topological polar surface area (TPSA) is 43.1 Å². The van der Waals surface area contributed by atoms with Crippen LogP contribution in [0.1, 0.15) is 32.1 Å². The number of benzene rings is 1. The lowest BCUT2D eigenvalue weighted by molar-refractivity contribution is 0.490. The quantitative estimate of drug-likeness (QED) is 0.739. The molecule has 0 saturated carbocycles. The molecular weight excluding hydrogens is 202 g/mol. The molecule has 0 spiro atoms. The summed E-state index contributed by atoms with van der Waals surface area (Å²) in [5, 5.41) is 0.557. The molecule has 3 nitrogen and oxygen atoms in total. The van der Waals surface area contributed by atoms with Crippen LogP contribution < -0.4 is 5.56 Å². The lowest BCUT2D eigenvalue weighted by Crippen LogP contribution is -2.09. The predicted octanol–water partition coefficient (Wildman–Crippen LogP) is 2.92. The van der Waals surface area contributed by atoms with Crippen LogP contribution in [-0.4, -0.2) is 4.98 Å². The maximum Gasteiger partial charge on any atom is 0.283 e. The van der Waals surface area contributed by atoms with E-state index in [1.165, 1.54) is 0 Å². The second-order valence-electron chi connectivity index (χ2n) is 3.87. The molecule has 84 valence electrons. The average Bonchev–Trinajstić information content (AvgIpc) is 2.30. The molecule has 1 aromatic carbocycles. The van der Waals surface area contributed by atoms with Gasteiger partial charge in [-0.15, -0.1) is 0 Å². The zero-order valence-electron chi connectivity index (χ0n) is 9.40. The van der Waals surface area contributed by atoms with Gasteiger partial charge in [0.05, 0.1) is 5.39 Å². The molecule has 16 heavy (non-hydrogen) atoms. The summed E-state index contributed by atoms with van der Waals surface area (Å²) in [6.45, 7) is 2.14. The van der Waals surface area contributed by atoms with E-state index >= 15 is 0 Å². The van der Waals surface area contributed by atoms with Crippen LogP contribution in [0.4, 0.5) is 0 Å². The molecule has 0 aliphatic rings. The molecule has 0 N–H and O–H groups in total. The smallest absolute Gasteiger partial charge is 0.283 e. The Bertz CT molecular complexity index is 531. The normalized spacial score (nSPS) is 10.8. The van der Waals surface area contributed by atoms with Gasteiger partial charge in [0, 0.05) is 6.42 Å². The molecule has 0 aliphatic heterocycles. The molecule has 0 aliphatic carbocycles. The zero-order valence-corrected chi connectivity index (χ0v) is 9.40. The van der Waals surface area contributed by atoms with E-state index in [0.717, 1.165) is 25.7 Å². The molecule has 1 aromatic heterocycles. The Labute approximate surface area is 94.1 Å². The van der Waals surface area contributed by atoms with Crippen molar-refractivity contribution < 1.29 is 4.42 Å². The summed E-state index contributed by atoms with van der Waals surface area (Å²) in [7, 11) is 0. The summed E-state index contributed by atoms with van der Waals surface area (Å²) in [5.41, 5.74) is 0.447.